The number of nitrogens with one attached hydrogen (secondary N) is 1. The Hall–Kier alpha value is -1.03. The van der Waals surface area contributed by atoms with Crippen molar-refractivity contribution >= 4 is 17.4 Å². The van der Waals surface area contributed by atoms with Crippen molar-refractivity contribution in [1.82, 2.24) is 9.97 Å². The van der Waals surface area contributed by atoms with Crippen LogP contribution in [0.4, 0.5) is 5.82 Å². The summed E-state index contributed by atoms with van der Waals surface area (Å²) in [5.74, 6) is 2.40. The van der Waals surface area contributed by atoms with Crippen molar-refractivity contribution in [3.8, 4) is 5.88 Å². The van der Waals surface area contributed by atoms with Gasteiger partial charge in [0.05, 0.1) is 12.7 Å². The van der Waals surface area contributed by atoms with Crippen LogP contribution in [-0.2, 0) is 0 Å². The molecule has 4 nitrogen and oxygen atoms in total. The molecule has 5 heteroatoms. The van der Waals surface area contributed by atoms with Crippen LogP contribution in [0.2, 0.25) is 0 Å². The van der Waals surface area contributed by atoms with Crippen LogP contribution in [-0.4, -0.2) is 29.0 Å². The van der Waals surface area contributed by atoms with Gasteiger partial charge in [-0.25, -0.2) is 9.97 Å². The van der Waals surface area contributed by atoms with E-state index in [1.54, 1.807) is 7.11 Å². The molecule has 16 heavy (non-hydrogen) atoms. The minimum Gasteiger partial charge on any atom is -0.481 e. The van der Waals surface area contributed by atoms with Gasteiger partial charge < -0.3 is 10.1 Å². The maximum absolute atomic E-state index is 5.81. The van der Waals surface area contributed by atoms with E-state index in [1.165, 1.54) is 6.33 Å². The van der Waals surface area contributed by atoms with Crippen molar-refractivity contribution in [2.75, 3.05) is 18.3 Å². The number of hydrogen-bond acceptors (Lipinski definition) is 4. The lowest BCUT2D eigenvalue weighted by molar-refractivity contribution is 0.393. The second-order valence-electron chi connectivity index (χ2n) is 3.92. The molecule has 1 N–H and O–H groups in total. The van der Waals surface area contributed by atoms with Gasteiger partial charge >= 0.3 is 0 Å². The Kier molecular flexibility index (Phi) is 4.80. The van der Waals surface area contributed by atoms with E-state index in [0.717, 1.165) is 11.4 Å². The molecular formula is C11H18ClN3O. The standard InChI is InChI=1S/C11H18ClN3O/c1-7(5-12)9(3)15-10-8(2)11(16-4)14-6-13-10/h6-7,9H,5H2,1-4H3,(H,13,14,15). The Morgan fingerprint density at radius 1 is 1.44 bits per heavy atom. The molecule has 2 atom stereocenters. The quantitative estimate of drug-likeness (QED) is 0.808. The molecule has 0 aliphatic carbocycles. The lowest BCUT2D eigenvalue weighted by atomic mass is 10.1. The molecule has 1 rings (SSSR count). The SMILES string of the molecule is COc1ncnc(NC(C)C(C)CCl)c1C. The number of rotatable bonds is 5. The van der Waals surface area contributed by atoms with Gasteiger partial charge in [-0.05, 0) is 19.8 Å². The summed E-state index contributed by atoms with van der Waals surface area (Å²) in [4.78, 5) is 8.23. The van der Waals surface area contributed by atoms with E-state index in [2.05, 4.69) is 29.1 Å². The number of hydrogen-bond donors (Lipinski definition) is 1. The van der Waals surface area contributed by atoms with Crippen molar-refractivity contribution in [2.24, 2.45) is 5.92 Å². The van der Waals surface area contributed by atoms with Gasteiger partial charge in [0.2, 0.25) is 5.88 Å². The third-order valence-corrected chi connectivity index (χ3v) is 3.18. The highest BCUT2D eigenvalue weighted by Gasteiger charge is 2.14. The van der Waals surface area contributed by atoms with Gasteiger partial charge in [0.15, 0.2) is 0 Å². The first-order valence-corrected chi connectivity index (χ1v) is 5.81. The number of ether oxygens (including phenoxy) is 1. The van der Waals surface area contributed by atoms with E-state index in [4.69, 9.17) is 16.3 Å². The van der Waals surface area contributed by atoms with Crippen molar-refractivity contribution in [2.45, 2.75) is 26.8 Å². The largest absolute Gasteiger partial charge is 0.481 e. The second kappa shape index (κ2) is 5.89. The van der Waals surface area contributed by atoms with Gasteiger partial charge in [-0.15, -0.1) is 11.6 Å². The van der Waals surface area contributed by atoms with E-state index < -0.39 is 0 Å². The molecule has 0 spiro atoms. The highest BCUT2D eigenvalue weighted by molar-refractivity contribution is 6.18. The maximum atomic E-state index is 5.81. The highest BCUT2D eigenvalue weighted by Crippen LogP contribution is 2.21. The van der Waals surface area contributed by atoms with E-state index in [1.807, 2.05) is 6.92 Å². The lowest BCUT2D eigenvalue weighted by Crippen LogP contribution is -2.26. The maximum Gasteiger partial charge on any atom is 0.221 e. The fourth-order valence-electron chi connectivity index (χ4n) is 1.28. The summed E-state index contributed by atoms with van der Waals surface area (Å²) in [7, 11) is 1.60. The van der Waals surface area contributed by atoms with E-state index in [-0.39, 0.29) is 6.04 Å². The van der Waals surface area contributed by atoms with Gasteiger partial charge in [-0.2, -0.15) is 0 Å². The molecule has 2 unspecified atom stereocenters. The number of anilines is 1. The molecule has 1 aromatic rings. The summed E-state index contributed by atoms with van der Waals surface area (Å²) >= 11 is 5.81. The van der Waals surface area contributed by atoms with Gasteiger partial charge in [0, 0.05) is 11.9 Å². The van der Waals surface area contributed by atoms with E-state index in [9.17, 15) is 0 Å². The molecule has 1 aromatic heterocycles. The number of aromatic nitrogens is 2. The minimum atomic E-state index is 0.260. The van der Waals surface area contributed by atoms with E-state index >= 15 is 0 Å². The zero-order chi connectivity index (χ0) is 12.1. The monoisotopic (exact) mass is 243 g/mol. The molecule has 90 valence electrons. The number of methoxy groups -OCH3 is 1. The lowest BCUT2D eigenvalue weighted by Gasteiger charge is -2.21. The summed E-state index contributed by atoms with van der Waals surface area (Å²) in [6, 6.07) is 0.260. The Morgan fingerprint density at radius 2 is 2.12 bits per heavy atom. The average molecular weight is 244 g/mol. The molecular weight excluding hydrogens is 226 g/mol. The third-order valence-electron chi connectivity index (χ3n) is 2.69. The van der Waals surface area contributed by atoms with Crippen LogP contribution in [0.3, 0.4) is 0 Å². The van der Waals surface area contributed by atoms with Gasteiger partial charge in [-0.1, -0.05) is 6.92 Å². The summed E-state index contributed by atoms with van der Waals surface area (Å²) < 4.78 is 5.14. The first-order valence-electron chi connectivity index (χ1n) is 5.28. The first kappa shape index (κ1) is 13.0. The fourth-order valence-corrected chi connectivity index (χ4v) is 1.54. The van der Waals surface area contributed by atoms with Crippen LogP contribution < -0.4 is 10.1 Å². The summed E-state index contributed by atoms with van der Waals surface area (Å²) in [6.07, 6.45) is 1.49. The molecule has 0 saturated heterocycles. The van der Waals surface area contributed by atoms with E-state index in [0.29, 0.717) is 17.7 Å². The highest BCUT2D eigenvalue weighted by atomic mass is 35.5. The average Bonchev–Trinajstić information content (AvgIpc) is 2.30. The first-order chi connectivity index (χ1) is 7.60. The molecule has 0 aliphatic rings. The Labute approximate surface area is 101 Å². The molecule has 0 amide bonds. The van der Waals surface area contributed by atoms with Crippen molar-refractivity contribution in [3.05, 3.63) is 11.9 Å². The van der Waals surface area contributed by atoms with Crippen molar-refractivity contribution < 1.29 is 4.74 Å². The molecule has 0 aliphatic heterocycles. The predicted octanol–water partition coefficient (Wildman–Crippen LogP) is 2.47. The summed E-state index contributed by atoms with van der Waals surface area (Å²) in [6.45, 7) is 6.11. The Bertz CT molecular complexity index is 346. The second-order valence-corrected chi connectivity index (χ2v) is 4.23. The topological polar surface area (TPSA) is 47.0 Å². The molecule has 0 saturated carbocycles. The zero-order valence-electron chi connectivity index (χ0n) is 10.1. The minimum absolute atomic E-state index is 0.260. The molecule has 0 aromatic carbocycles. The Morgan fingerprint density at radius 3 is 2.69 bits per heavy atom. The van der Waals surface area contributed by atoms with Crippen molar-refractivity contribution in [3.63, 3.8) is 0 Å². The number of alkyl halides is 1. The van der Waals surface area contributed by atoms with Crippen LogP contribution >= 0.6 is 11.6 Å². The van der Waals surface area contributed by atoms with Gasteiger partial charge in [-0.3, -0.25) is 0 Å². The Balaban J connectivity index is 2.81. The smallest absolute Gasteiger partial charge is 0.221 e. The van der Waals surface area contributed by atoms with Crippen molar-refractivity contribution in [1.29, 1.82) is 0 Å². The molecule has 0 radical (unpaired) electrons. The molecule has 1 heterocycles. The fraction of sp³-hybridized carbons (Fsp3) is 0.636. The van der Waals surface area contributed by atoms with Gasteiger partial charge in [0.25, 0.3) is 0 Å². The molecule has 0 fully saturated rings. The summed E-state index contributed by atoms with van der Waals surface area (Å²) in [5, 5.41) is 3.32. The molecule has 0 bridgehead atoms. The number of halogens is 1. The van der Waals surface area contributed by atoms with Crippen LogP contribution in [0.1, 0.15) is 19.4 Å². The predicted molar refractivity (Wildman–Crippen MR) is 66.3 cm³/mol. The van der Waals surface area contributed by atoms with Crippen LogP contribution in [0.5, 0.6) is 5.88 Å². The van der Waals surface area contributed by atoms with Crippen LogP contribution in [0.15, 0.2) is 6.33 Å². The van der Waals surface area contributed by atoms with Crippen LogP contribution in [0, 0.1) is 12.8 Å². The summed E-state index contributed by atoms with van der Waals surface area (Å²) in [5.41, 5.74) is 0.915. The number of nitrogens with zero attached hydrogens (tertiary/aromatic N) is 2. The zero-order valence-corrected chi connectivity index (χ0v) is 10.9. The third kappa shape index (κ3) is 2.98. The van der Waals surface area contributed by atoms with Crippen LogP contribution in [0.25, 0.3) is 0 Å². The normalized spacial score (nSPS) is 14.3. The van der Waals surface area contributed by atoms with Gasteiger partial charge in [0.1, 0.15) is 12.1 Å².